The summed E-state index contributed by atoms with van der Waals surface area (Å²) in [7, 11) is 0. The van der Waals surface area contributed by atoms with Gasteiger partial charge in [0.2, 0.25) is 5.91 Å². The van der Waals surface area contributed by atoms with E-state index in [1.54, 1.807) is 0 Å². The first-order valence-electron chi connectivity index (χ1n) is 9.21. The fourth-order valence-corrected chi connectivity index (χ4v) is 3.53. The number of likely N-dealkylation sites (tertiary alicyclic amines) is 1. The van der Waals surface area contributed by atoms with Crippen LogP contribution in [0, 0.1) is 0 Å². The zero-order chi connectivity index (χ0) is 17.7. The Balaban J connectivity index is 2.15. The van der Waals surface area contributed by atoms with Crippen LogP contribution in [0.4, 0.5) is 5.69 Å². The highest BCUT2D eigenvalue weighted by Crippen LogP contribution is 2.32. The largest absolute Gasteiger partial charge is 0.395 e. The quantitative estimate of drug-likeness (QED) is 0.835. The smallest absolute Gasteiger partial charge is 0.238 e. The first-order valence-corrected chi connectivity index (χ1v) is 9.21. The zero-order valence-corrected chi connectivity index (χ0v) is 15.5. The summed E-state index contributed by atoms with van der Waals surface area (Å²) in [6, 6.07) is 6.40. The van der Waals surface area contributed by atoms with Crippen LogP contribution in [0.2, 0.25) is 0 Å². The molecule has 0 aromatic heterocycles. The number of carbonyl (C=O) groups is 1. The SMILES string of the molecule is CC(C)c1cccc(C(C)C)c1NC(=O)CN1CCCCC1CO. The molecule has 4 heteroatoms. The molecule has 24 heavy (non-hydrogen) atoms. The molecule has 134 valence electrons. The second-order valence-electron chi connectivity index (χ2n) is 7.47. The minimum atomic E-state index is 0.0188. The highest BCUT2D eigenvalue weighted by Gasteiger charge is 2.24. The van der Waals surface area contributed by atoms with Gasteiger partial charge in [-0.05, 0) is 42.3 Å². The van der Waals surface area contributed by atoms with Gasteiger partial charge < -0.3 is 10.4 Å². The Morgan fingerprint density at radius 1 is 1.21 bits per heavy atom. The number of hydrogen-bond acceptors (Lipinski definition) is 3. The third-order valence-electron chi connectivity index (χ3n) is 4.94. The third-order valence-corrected chi connectivity index (χ3v) is 4.94. The van der Waals surface area contributed by atoms with Crippen molar-refractivity contribution in [2.24, 2.45) is 0 Å². The molecule has 1 aliphatic rings. The van der Waals surface area contributed by atoms with Crippen LogP contribution in [0.3, 0.4) is 0 Å². The van der Waals surface area contributed by atoms with Gasteiger partial charge >= 0.3 is 0 Å². The number of piperidine rings is 1. The average molecular weight is 332 g/mol. The summed E-state index contributed by atoms with van der Waals surface area (Å²) in [5, 5.41) is 12.7. The minimum Gasteiger partial charge on any atom is -0.395 e. The van der Waals surface area contributed by atoms with E-state index in [0.29, 0.717) is 18.4 Å². The third kappa shape index (κ3) is 4.58. The number of anilines is 1. The Bertz CT molecular complexity index is 528. The highest BCUT2D eigenvalue weighted by atomic mass is 16.3. The lowest BCUT2D eigenvalue weighted by atomic mass is 9.92. The van der Waals surface area contributed by atoms with Gasteiger partial charge in [-0.1, -0.05) is 52.3 Å². The molecule has 0 aliphatic carbocycles. The van der Waals surface area contributed by atoms with Crippen LogP contribution in [0.25, 0.3) is 0 Å². The maximum absolute atomic E-state index is 12.7. The molecule has 1 amide bonds. The Morgan fingerprint density at radius 3 is 2.38 bits per heavy atom. The number of carbonyl (C=O) groups excluding carboxylic acids is 1. The number of nitrogens with zero attached hydrogens (tertiary/aromatic N) is 1. The van der Waals surface area contributed by atoms with Gasteiger partial charge in [0, 0.05) is 11.7 Å². The first-order chi connectivity index (χ1) is 11.4. The van der Waals surface area contributed by atoms with Crippen LogP contribution >= 0.6 is 0 Å². The second-order valence-corrected chi connectivity index (χ2v) is 7.47. The Hall–Kier alpha value is -1.39. The van der Waals surface area contributed by atoms with Crippen LogP contribution < -0.4 is 5.32 Å². The first kappa shape index (κ1) is 18.9. The summed E-state index contributed by atoms with van der Waals surface area (Å²) in [6.07, 6.45) is 3.21. The fourth-order valence-electron chi connectivity index (χ4n) is 3.53. The van der Waals surface area contributed by atoms with Gasteiger partial charge in [0.15, 0.2) is 0 Å². The van der Waals surface area contributed by atoms with E-state index in [9.17, 15) is 9.90 Å². The summed E-state index contributed by atoms with van der Waals surface area (Å²) < 4.78 is 0. The molecular formula is C20H32N2O2. The van der Waals surface area contributed by atoms with Gasteiger partial charge in [0.1, 0.15) is 0 Å². The van der Waals surface area contributed by atoms with Crippen molar-refractivity contribution in [2.75, 3.05) is 25.0 Å². The van der Waals surface area contributed by atoms with E-state index in [2.05, 4.69) is 56.1 Å². The second kappa shape index (κ2) is 8.63. The summed E-state index contributed by atoms with van der Waals surface area (Å²) in [5.41, 5.74) is 3.35. The van der Waals surface area contributed by atoms with Crippen molar-refractivity contribution in [1.82, 2.24) is 4.90 Å². The van der Waals surface area contributed by atoms with E-state index in [4.69, 9.17) is 0 Å². The lowest BCUT2D eigenvalue weighted by Crippen LogP contribution is -2.45. The van der Waals surface area contributed by atoms with Crippen LogP contribution in [-0.4, -0.2) is 41.7 Å². The maximum atomic E-state index is 12.7. The topological polar surface area (TPSA) is 52.6 Å². The van der Waals surface area contributed by atoms with E-state index < -0.39 is 0 Å². The van der Waals surface area contributed by atoms with Crippen molar-refractivity contribution >= 4 is 11.6 Å². The molecule has 1 unspecified atom stereocenters. The molecule has 2 N–H and O–H groups in total. The van der Waals surface area contributed by atoms with Crippen molar-refractivity contribution in [3.8, 4) is 0 Å². The van der Waals surface area contributed by atoms with Crippen molar-refractivity contribution in [3.63, 3.8) is 0 Å². The van der Waals surface area contributed by atoms with Crippen molar-refractivity contribution in [2.45, 2.75) is 64.8 Å². The van der Waals surface area contributed by atoms with Crippen LogP contribution in [0.1, 0.15) is 69.9 Å². The van der Waals surface area contributed by atoms with E-state index >= 15 is 0 Å². The van der Waals surface area contributed by atoms with Gasteiger partial charge in [-0.25, -0.2) is 0 Å². The van der Waals surface area contributed by atoms with Crippen molar-refractivity contribution in [1.29, 1.82) is 0 Å². The zero-order valence-electron chi connectivity index (χ0n) is 15.5. The lowest BCUT2D eigenvalue weighted by molar-refractivity contribution is -0.118. The molecular weight excluding hydrogens is 300 g/mol. The number of nitrogens with one attached hydrogen (secondary N) is 1. The van der Waals surface area contributed by atoms with E-state index in [0.717, 1.165) is 31.5 Å². The number of aliphatic hydroxyl groups excluding tert-OH is 1. The summed E-state index contributed by atoms with van der Waals surface area (Å²) >= 11 is 0. The molecule has 1 aliphatic heterocycles. The fraction of sp³-hybridized carbons (Fsp3) is 0.650. The minimum absolute atomic E-state index is 0.0188. The molecule has 4 nitrogen and oxygen atoms in total. The predicted octanol–water partition coefficient (Wildman–Crippen LogP) is 3.72. The van der Waals surface area contributed by atoms with Crippen molar-refractivity contribution in [3.05, 3.63) is 29.3 Å². The van der Waals surface area contributed by atoms with E-state index in [1.165, 1.54) is 11.1 Å². The molecule has 0 bridgehead atoms. The standard InChI is InChI=1S/C20H32N2O2/c1-14(2)17-9-7-10-18(15(3)4)20(17)21-19(24)12-22-11-6-5-8-16(22)13-23/h7,9-10,14-16,23H,5-6,8,11-13H2,1-4H3,(H,21,24). The summed E-state index contributed by atoms with van der Waals surface area (Å²) in [5.74, 6) is 0.740. The molecule has 0 saturated carbocycles. The number of amides is 1. The molecule has 1 atom stereocenters. The maximum Gasteiger partial charge on any atom is 0.238 e. The Labute approximate surface area is 146 Å². The van der Waals surface area contributed by atoms with Crippen molar-refractivity contribution < 1.29 is 9.90 Å². The van der Waals surface area contributed by atoms with Crippen LogP contribution in [0.5, 0.6) is 0 Å². The van der Waals surface area contributed by atoms with Gasteiger partial charge in [0.05, 0.1) is 13.2 Å². The Kier molecular flexibility index (Phi) is 6.81. The van der Waals surface area contributed by atoms with E-state index in [1.807, 2.05) is 0 Å². The summed E-state index contributed by atoms with van der Waals surface area (Å²) in [4.78, 5) is 14.8. The molecule has 1 fully saturated rings. The number of para-hydroxylation sites is 1. The molecule has 1 aromatic carbocycles. The van der Waals surface area contributed by atoms with Gasteiger partial charge in [0.25, 0.3) is 0 Å². The molecule has 1 aromatic rings. The molecule has 0 spiro atoms. The molecule has 0 radical (unpaired) electrons. The summed E-state index contributed by atoms with van der Waals surface area (Å²) in [6.45, 7) is 10.00. The van der Waals surface area contributed by atoms with E-state index in [-0.39, 0.29) is 18.6 Å². The molecule has 1 saturated heterocycles. The highest BCUT2D eigenvalue weighted by molar-refractivity contribution is 5.94. The number of hydrogen-bond donors (Lipinski definition) is 2. The average Bonchev–Trinajstić information content (AvgIpc) is 2.55. The number of benzene rings is 1. The molecule has 1 heterocycles. The number of aliphatic hydroxyl groups is 1. The van der Waals surface area contributed by atoms with Gasteiger partial charge in [-0.15, -0.1) is 0 Å². The number of rotatable bonds is 6. The monoisotopic (exact) mass is 332 g/mol. The van der Waals surface area contributed by atoms with Gasteiger partial charge in [-0.3, -0.25) is 9.69 Å². The van der Waals surface area contributed by atoms with Gasteiger partial charge in [-0.2, -0.15) is 0 Å². The predicted molar refractivity (Wildman–Crippen MR) is 99.5 cm³/mol. The Morgan fingerprint density at radius 2 is 1.83 bits per heavy atom. The van der Waals surface area contributed by atoms with Crippen LogP contribution in [-0.2, 0) is 4.79 Å². The lowest BCUT2D eigenvalue weighted by Gasteiger charge is -2.34. The molecule has 2 rings (SSSR count). The normalized spacial score (nSPS) is 19.0. The van der Waals surface area contributed by atoms with Crippen LogP contribution in [0.15, 0.2) is 18.2 Å².